The number of carbonyl (C=O) groups excluding carboxylic acids is 3. The van der Waals surface area contributed by atoms with Gasteiger partial charge in [-0.1, -0.05) is 34.1 Å². The van der Waals surface area contributed by atoms with E-state index >= 15 is 0 Å². The van der Waals surface area contributed by atoms with E-state index in [1.54, 1.807) is 0 Å². The number of nitrogens with zero attached hydrogens (tertiary/aromatic N) is 2. The highest BCUT2D eigenvalue weighted by Gasteiger charge is 2.32. The molecular formula is C16H20BrN3O3. The second kappa shape index (κ2) is 7.59. The van der Waals surface area contributed by atoms with E-state index in [1.807, 2.05) is 38.1 Å². The van der Waals surface area contributed by atoms with Gasteiger partial charge in [0.1, 0.15) is 6.54 Å². The summed E-state index contributed by atoms with van der Waals surface area (Å²) in [5, 5.41) is 2.86. The van der Waals surface area contributed by atoms with Gasteiger partial charge in [0.15, 0.2) is 0 Å². The molecule has 1 saturated heterocycles. The normalized spacial score (nSPS) is 16.5. The molecule has 3 amide bonds. The van der Waals surface area contributed by atoms with Crippen molar-refractivity contribution in [1.82, 2.24) is 15.1 Å². The Morgan fingerprint density at radius 2 is 1.83 bits per heavy atom. The van der Waals surface area contributed by atoms with Gasteiger partial charge in [-0.15, -0.1) is 0 Å². The summed E-state index contributed by atoms with van der Waals surface area (Å²) in [6, 6.07) is 7.43. The van der Waals surface area contributed by atoms with Gasteiger partial charge in [-0.25, -0.2) is 0 Å². The van der Waals surface area contributed by atoms with Crippen LogP contribution >= 0.6 is 15.9 Å². The molecule has 0 radical (unpaired) electrons. The third-order valence-electron chi connectivity index (χ3n) is 3.86. The molecule has 7 heteroatoms. The predicted octanol–water partition coefficient (Wildman–Crippen LogP) is 1.32. The smallest absolute Gasteiger partial charge is 0.312 e. The summed E-state index contributed by atoms with van der Waals surface area (Å²) >= 11 is 3.45. The lowest BCUT2D eigenvalue weighted by atomic mass is 10.1. The summed E-state index contributed by atoms with van der Waals surface area (Å²) in [4.78, 5) is 38.8. The van der Waals surface area contributed by atoms with Gasteiger partial charge in [-0.3, -0.25) is 14.4 Å². The number of halogens is 1. The van der Waals surface area contributed by atoms with Gasteiger partial charge in [0.2, 0.25) is 5.91 Å². The molecular weight excluding hydrogens is 362 g/mol. The lowest BCUT2D eigenvalue weighted by Gasteiger charge is -2.32. The first-order valence-electron chi connectivity index (χ1n) is 7.56. The largest absolute Gasteiger partial charge is 0.348 e. The van der Waals surface area contributed by atoms with Crippen LogP contribution in [0.25, 0.3) is 0 Å². The molecule has 0 spiro atoms. The van der Waals surface area contributed by atoms with Crippen LogP contribution in [0.15, 0.2) is 28.7 Å². The summed E-state index contributed by atoms with van der Waals surface area (Å²) in [6.07, 6.45) is 0. The second-order valence-corrected chi connectivity index (χ2v) is 6.28. The molecule has 1 fully saturated rings. The first-order valence-corrected chi connectivity index (χ1v) is 8.35. The van der Waals surface area contributed by atoms with E-state index < -0.39 is 11.8 Å². The molecule has 124 valence electrons. The number of nitrogens with one attached hydrogen (secondary N) is 1. The van der Waals surface area contributed by atoms with E-state index in [-0.39, 0.29) is 18.5 Å². The third kappa shape index (κ3) is 4.10. The van der Waals surface area contributed by atoms with Gasteiger partial charge in [-0.05, 0) is 25.5 Å². The molecule has 6 nitrogen and oxygen atoms in total. The van der Waals surface area contributed by atoms with Crippen LogP contribution in [0.5, 0.6) is 0 Å². The minimum atomic E-state index is -0.609. The molecule has 1 aromatic rings. The van der Waals surface area contributed by atoms with E-state index in [1.165, 1.54) is 9.80 Å². The molecule has 0 aromatic heterocycles. The Labute approximate surface area is 143 Å². The van der Waals surface area contributed by atoms with Crippen molar-refractivity contribution >= 4 is 33.7 Å². The van der Waals surface area contributed by atoms with Crippen molar-refractivity contribution in [2.75, 3.05) is 26.2 Å². The number of likely N-dealkylation sites (N-methyl/N-ethyl adjacent to an activating group) is 1. The molecule has 1 aromatic carbocycles. The van der Waals surface area contributed by atoms with Crippen molar-refractivity contribution in [3.05, 3.63) is 34.3 Å². The zero-order chi connectivity index (χ0) is 17.0. The Morgan fingerprint density at radius 1 is 1.22 bits per heavy atom. The van der Waals surface area contributed by atoms with Crippen LogP contribution < -0.4 is 5.32 Å². The van der Waals surface area contributed by atoms with Gasteiger partial charge < -0.3 is 15.1 Å². The first kappa shape index (κ1) is 17.5. The van der Waals surface area contributed by atoms with E-state index in [2.05, 4.69) is 21.2 Å². The maximum Gasteiger partial charge on any atom is 0.312 e. The topological polar surface area (TPSA) is 69.7 Å². The molecule has 0 bridgehead atoms. The average molecular weight is 382 g/mol. The Balaban J connectivity index is 1.94. The maximum absolute atomic E-state index is 12.2. The van der Waals surface area contributed by atoms with Gasteiger partial charge in [0.25, 0.3) is 0 Å². The van der Waals surface area contributed by atoms with Gasteiger partial charge >= 0.3 is 11.8 Å². The molecule has 1 aliphatic heterocycles. The number of hydrogen-bond donors (Lipinski definition) is 1. The predicted molar refractivity (Wildman–Crippen MR) is 89.5 cm³/mol. The number of benzene rings is 1. The molecule has 1 N–H and O–H groups in total. The fraction of sp³-hybridized carbons (Fsp3) is 0.438. The van der Waals surface area contributed by atoms with Crippen molar-refractivity contribution < 1.29 is 14.4 Å². The lowest BCUT2D eigenvalue weighted by molar-refractivity contribution is -0.156. The lowest BCUT2D eigenvalue weighted by Crippen LogP contribution is -2.56. The zero-order valence-electron chi connectivity index (χ0n) is 13.2. The fourth-order valence-corrected chi connectivity index (χ4v) is 3.16. The Morgan fingerprint density at radius 3 is 2.48 bits per heavy atom. The molecule has 2 rings (SSSR count). The molecule has 1 aliphatic rings. The van der Waals surface area contributed by atoms with Crippen molar-refractivity contribution in [3.8, 4) is 0 Å². The Hall–Kier alpha value is -1.89. The molecule has 1 heterocycles. The number of hydrogen-bond acceptors (Lipinski definition) is 3. The fourth-order valence-electron chi connectivity index (χ4n) is 2.53. The summed E-state index contributed by atoms with van der Waals surface area (Å²) in [6.45, 7) is 4.96. The average Bonchev–Trinajstić information content (AvgIpc) is 2.52. The van der Waals surface area contributed by atoms with Gasteiger partial charge in [0.05, 0.1) is 6.04 Å². The molecule has 1 atom stereocenters. The summed E-state index contributed by atoms with van der Waals surface area (Å²) in [7, 11) is 0. The Bertz CT molecular complexity index is 620. The van der Waals surface area contributed by atoms with Crippen molar-refractivity contribution in [2.24, 2.45) is 0 Å². The molecule has 0 saturated carbocycles. The van der Waals surface area contributed by atoms with Crippen LogP contribution in [0.4, 0.5) is 0 Å². The SMILES string of the molecule is CCN1CCN(CC(=O)NC(C)c2ccccc2Br)C(=O)C1=O. The number of piperazine rings is 1. The van der Waals surface area contributed by atoms with Crippen LogP contribution in [0.3, 0.4) is 0 Å². The van der Waals surface area contributed by atoms with E-state index in [4.69, 9.17) is 0 Å². The summed E-state index contributed by atoms with van der Waals surface area (Å²) < 4.78 is 0.913. The van der Waals surface area contributed by atoms with Crippen LogP contribution in [0.2, 0.25) is 0 Å². The maximum atomic E-state index is 12.2. The quantitative estimate of drug-likeness (QED) is 0.781. The summed E-state index contributed by atoms with van der Waals surface area (Å²) in [5.74, 6) is -1.42. The zero-order valence-corrected chi connectivity index (χ0v) is 14.8. The van der Waals surface area contributed by atoms with Crippen molar-refractivity contribution in [1.29, 1.82) is 0 Å². The first-order chi connectivity index (χ1) is 10.9. The minimum absolute atomic E-state index is 0.100. The Kier molecular flexibility index (Phi) is 5.76. The second-order valence-electron chi connectivity index (χ2n) is 5.42. The number of carbonyl (C=O) groups is 3. The number of amides is 3. The van der Waals surface area contributed by atoms with Crippen LogP contribution in [-0.4, -0.2) is 53.7 Å². The van der Waals surface area contributed by atoms with Crippen LogP contribution in [-0.2, 0) is 14.4 Å². The third-order valence-corrected chi connectivity index (χ3v) is 4.58. The van der Waals surface area contributed by atoms with Crippen molar-refractivity contribution in [3.63, 3.8) is 0 Å². The molecule has 0 aliphatic carbocycles. The van der Waals surface area contributed by atoms with Crippen LogP contribution in [0.1, 0.15) is 25.5 Å². The highest BCUT2D eigenvalue weighted by molar-refractivity contribution is 9.10. The molecule has 1 unspecified atom stereocenters. The highest BCUT2D eigenvalue weighted by atomic mass is 79.9. The van der Waals surface area contributed by atoms with Crippen LogP contribution in [0, 0.1) is 0 Å². The highest BCUT2D eigenvalue weighted by Crippen LogP contribution is 2.22. The number of rotatable bonds is 5. The standard InChI is InChI=1S/C16H20BrN3O3/c1-3-19-8-9-20(16(23)15(19)22)10-14(21)18-11(2)12-6-4-5-7-13(12)17/h4-7,11H,3,8-10H2,1-2H3,(H,18,21). The van der Waals surface area contributed by atoms with Crippen molar-refractivity contribution in [2.45, 2.75) is 19.9 Å². The van der Waals surface area contributed by atoms with E-state index in [0.29, 0.717) is 19.6 Å². The van der Waals surface area contributed by atoms with Gasteiger partial charge in [-0.2, -0.15) is 0 Å². The van der Waals surface area contributed by atoms with E-state index in [0.717, 1.165) is 10.0 Å². The monoisotopic (exact) mass is 381 g/mol. The molecule has 23 heavy (non-hydrogen) atoms. The minimum Gasteiger partial charge on any atom is -0.348 e. The summed E-state index contributed by atoms with van der Waals surface area (Å²) in [5.41, 5.74) is 0.957. The van der Waals surface area contributed by atoms with E-state index in [9.17, 15) is 14.4 Å². The van der Waals surface area contributed by atoms with Gasteiger partial charge in [0, 0.05) is 24.1 Å².